The molecule has 0 unspecified atom stereocenters. The maximum absolute atomic E-state index is 12.1. The molecule has 2 rings (SSSR count). The largest absolute Gasteiger partial charge is 0.497 e. The molecule has 0 aromatic heterocycles. The van der Waals surface area contributed by atoms with Gasteiger partial charge in [0, 0.05) is 23.4 Å². The van der Waals surface area contributed by atoms with Crippen LogP contribution >= 0.6 is 0 Å². The van der Waals surface area contributed by atoms with Crippen LogP contribution in [0.2, 0.25) is 0 Å². The van der Waals surface area contributed by atoms with E-state index in [1.165, 1.54) is 0 Å². The summed E-state index contributed by atoms with van der Waals surface area (Å²) >= 11 is 0. The van der Waals surface area contributed by atoms with Crippen molar-refractivity contribution in [2.24, 2.45) is 0 Å². The number of carbonyl (C=O) groups excluding carboxylic acids is 1. The Morgan fingerprint density at radius 2 is 1.81 bits per heavy atom. The molecule has 21 heavy (non-hydrogen) atoms. The third-order valence-corrected chi connectivity index (χ3v) is 3.10. The Labute approximate surface area is 123 Å². The second-order valence-corrected chi connectivity index (χ2v) is 4.48. The van der Waals surface area contributed by atoms with E-state index in [1.807, 2.05) is 0 Å². The standard InChI is InChI=1S/C16H18N2O3/c1-20-14-6-3-11(4-7-14)16(19)18-10-12-9-13(17)5-8-15(12)21-2/h3-9H,10,17H2,1-2H3,(H,18,19). The van der Waals surface area contributed by atoms with Crippen molar-refractivity contribution in [3.8, 4) is 11.5 Å². The molecular formula is C16H18N2O3. The molecule has 110 valence electrons. The minimum Gasteiger partial charge on any atom is -0.497 e. The average Bonchev–Trinajstić information content (AvgIpc) is 2.52. The molecule has 0 saturated carbocycles. The Balaban J connectivity index is 2.05. The summed E-state index contributed by atoms with van der Waals surface area (Å²) < 4.78 is 10.3. The molecule has 0 spiro atoms. The molecule has 3 N–H and O–H groups in total. The number of ether oxygens (including phenoxy) is 2. The van der Waals surface area contributed by atoms with Gasteiger partial charge in [-0.2, -0.15) is 0 Å². The predicted octanol–water partition coefficient (Wildman–Crippen LogP) is 2.22. The lowest BCUT2D eigenvalue weighted by atomic mass is 10.1. The number of rotatable bonds is 5. The molecule has 1 amide bonds. The van der Waals surface area contributed by atoms with E-state index in [0.29, 0.717) is 29.3 Å². The minimum absolute atomic E-state index is 0.165. The summed E-state index contributed by atoms with van der Waals surface area (Å²) in [6.07, 6.45) is 0. The highest BCUT2D eigenvalue weighted by Gasteiger charge is 2.08. The molecule has 2 aromatic rings. The number of nitrogens with one attached hydrogen (secondary N) is 1. The van der Waals surface area contributed by atoms with Crippen LogP contribution in [0.15, 0.2) is 42.5 Å². The van der Waals surface area contributed by atoms with Gasteiger partial charge in [-0.05, 0) is 42.5 Å². The van der Waals surface area contributed by atoms with Crippen molar-refractivity contribution in [3.63, 3.8) is 0 Å². The van der Waals surface area contributed by atoms with Crippen LogP contribution in [-0.4, -0.2) is 20.1 Å². The van der Waals surface area contributed by atoms with Crippen molar-refractivity contribution in [1.82, 2.24) is 5.32 Å². The van der Waals surface area contributed by atoms with E-state index in [2.05, 4.69) is 5.32 Å². The van der Waals surface area contributed by atoms with E-state index < -0.39 is 0 Å². The van der Waals surface area contributed by atoms with E-state index in [9.17, 15) is 4.79 Å². The number of anilines is 1. The van der Waals surface area contributed by atoms with Crippen LogP contribution in [0, 0.1) is 0 Å². The number of hydrogen-bond donors (Lipinski definition) is 2. The summed E-state index contributed by atoms with van der Waals surface area (Å²) in [6.45, 7) is 0.346. The van der Waals surface area contributed by atoms with E-state index in [4.69, 9.17) is 15.2 Å². The van der Waals surface area contributed by atoms with Crippen molar-refractivity contribution in [2.75, 3.05) is 20.0 Å². The number of benzene rings is 2. The zero-order chi connectivity index (χ0) is 15.2. The first-order valence-electron chi connectivity index (χ1n) is 6.48. The third-order valence-electron chi connectivity index (χ3n) is 3.10. The fourth-order valence-electron chi connectivity index (χ4n) is 1.96. The lowest BCUT2D eigenvalue weighted by molar-refractivity contribution is 0.0950. The zero-order valence-electron chi connectivity index (χ0n) is 12.1. The van der Waals surface area contributed by atoms with Crippen LogP contribution in [0.1, 0.15) is 15.9 Å². The third kappa shape index (κ3) is 3.66. The van der Waals surface area contributed by atoms with Gasteiger partial charge in [-0.15, -0.1) is 0 Å². The topological polar surface area (TPSA) is 73.6 Å². The van der Waals surface area contributed by atoms with Crippen LogP contribution in [-0.2, 0) is 6.54 Å². The van der Waals surface area contributed by atoms with Gasteiger partial charge < -0.3 is 20.5 Å². The fourth-order valence-corrected chi connectivity index (χ4v) is 1.96. The normalized spacial score (nSPS) is 10.0. The zero-order valence-corrected chi connectivity index (χ0v) is 12.1. The Kier molecular flexibility index (Phi) is 4.66. The first kappa shape index (κ1) is 14.7. The molecule has 5 heteroatoms. The maximum atomic E-state index is 12.1. The SMILES string of the molecule is COc1ccc(C(=O)NCc2cc(N)ccc2OC)cc1. The van der Waals surface area contributed by atoms with Gasteiger partial charge in [0.25, 0.3) is 5.91 Å². The molecule has 2 aromatic carbocycles. The van der Waals surface area contributed by atoms with Gasteiger partial charge in [0.15, 0.2) is 0 Å². The van der Waals surface area contributed by atoms with Crippen LogP contribution < -0.4 is 20.5 Å². The van der Waals surface area contributed by atoms with Gasteiger partial charge in [0.05, 0.1) is 14.2 Å². The number of amides is 1. The maximum Gasteiger partial charge on any atom is 0.251 e. The smallest absolute Gasteiger partial charge is 0.251 e. The first-order valence-corrected chi connectivity index (χ1v) is 6.48. The lowest BCUT2D eigenvalue weighted by Gasteiger charge is -2.11. The summed E-state index contributed by atoms with van der Waals surface area (Å²) in [6, 6.07) is 12.2. The molecule has 5 nitrogen and oxygen atoms in total. The van der Waals surface area contributed by atoms with Gasteiger partial charge in [-0.3, -0.25) is 4.79 Å². The summed E-state index contributed by atoms with van der Waals surface area (Å²) in [5.74, 6) is 1.24. The number of methoxy groups -OCH3 is 2. The van der Waals surface area contributed by atoms with E-state index in [-0.39, 0.29) is 5.91 Å². The summed E-state index contributed by atoms with van der Waals surface area (Å²) in [4.78, 5) is 12.1. The van der Waals surface area contributed by atoms with Crippen LogP contribution in [0.3, 0.4) is 0 Å². The molecular weight excluding hydrogens is 268 g/mol. The van der Waals surface area contributed by atoms with Gasteiger partial charge in [-0.1, -0.05) is 0 Å². The molecule has 0 fully saturated rings. The van der Waals surface area contributed by atoms with Gasteiger partial charge >= 0.3 is 0 Å². The second kappa shape index (κ2) is 6.65. The fraction of sp³-hybridized carbons (Fsp3) is 0.188. The highest BCUT2D eigenvalue weighted by atomic mass is 16.5. The monoisotopic (exact) mass is 286 g/mol. The summed E-state index contributed by atoms with van der Waals surface area (Å²) in [5, 5.41) is 2.84. The molecule has 0 radical (unpaired) electrons. The van der Waals surface area contributed by atoms with Gasteiger partial charge in [0.1, 0.15) is 11.5 Å². The number of carbonyl (C=O) groups is 1. The van der Waals surface area contributed by atoms with Crippen molar-refractivity contribution in [3.05, 3.63) is 53.6 Å². The minimum atomic E-state index is -0.165. The van der Waals surface area contributed by atoms with Crippen LogP contribution in [0.4, 0.5) is 5.69 Å². The van der Waals surface area contributed by atoms with E-state index in [0.717, 1.165) is 5.56 Å². The second-order valence-electron chi connectivity index (χ2n) is 4.48. The molecule has 0 heterocycles. The summed E-state index contributed by atoms with van der Waals surface area (Å²) in [7, 11) is 3.17. The Morgan fingerprint density at radius 3 is 2.43 bits per heavy atom. The highest BCUT2D eigenvalue weighted by molar-refractivity contribution is 5.94. The Bertz CT molecular complexity index is 624. The van der Waals surface area contributed by atoms with Crippen LogP contribution in [0.5, 0.6) is 11.5 Å². The number of hydrogen-bond acceptors (Lipinski definition) is 4. The van der Waals surface area contributed by atoms with E-state index >= 15 is 0 Å². The van der Waals surface area contributed by atoms with Gasteiger partial charge in [0.2, 0.25) is 0 Å². The van der Waals surface area contributed by atoms with Crippen molar-refractivity contribution in [2.45, 2.75) is 6.54 Å². The molecule has 0 aliphatic heterocycles. The van der Waals surface area contributed by atoms with Crippen LogP contribution in [0.25, 0.3) is 0 Å². The molecule has 0 bridgehead atoms. The summed E-state index contributed by atoms with van der Waals surface area (Å²) in [5.41, 5.74) is 7.78. The Hall–Kier alpha value is -2.69. The van der Waals surface area contributed by atoms with Gasteiger partial charge in [-0.25, -0.2) is 0 Å². The lowest BCUT2D eigenvalue weighted by Crippen LogP contribution is -2.23. The molecule has 0 atom stereocenters. The highest BCUT2D eigenvalue weighted by Crippen LogP contribution is 2.21. The average molecular weight is 286 g/mol. The van der Waals surface area contributed by atoms with E-state index in [1.54, 1.807) is 56.7 Å². The first-order chi connectivity index (χ1) is 10.1. The molecule has 0 aliphatic rings. The predicted molar refractivity (Wildman–Crippen MR) is 81.6 cm³/mol. The Morgan fingerprint density at radius 1 is 1.10 bits per heavy atom. The number of nitrogen functional groups attached to an aromatic ring is 1. The molecule has 0 saturated heterocycles. The van der Waals surface area contributed by atoms with Crippen molar-refractivity contribution >= 4 is 11.6 Å². The van der Waals surface area contributed by atoms with Crippen molar-refractivity contribution in [1.29, 1.82) is 0 Å². The quantitative estimate of drug-likeness (QED) is 0.827. The molecule has 0 aliphatic carbocycles. The number of nitrogens with two attached hydrogens (primary N) is 1. The van der Waals surface area contributed by atoms with Crippen molar-refractivity contribution < 1.29 is 14.3 Å².